The summed E-state index contributed by atoms with van der Waals surface area (Å²) in [5, 5.41) is 41.0. The van der Waals surface area contributed by atoms with E-state index in [0.717, 1.165) is 32.1 Å². The highest BCUT2D eigenvalue weighted by atomic mass is 16.7. The molecule has 1 rings (SSSR count). The Bertz CT molecular complexity index is 493. The van der Waals surface area contributed by atoms with Gasteiger partial charge in [0.15, 0.2) is 6.29 Å². The molecule has 222 valence electrons. The molecule has 1 saturated heterocycles. The fraction of sp³-hybridized carbons (Fsp3) is 1.00. The van der Waals surface area contributed by atoms with Gasteiger partial charge in [-0.1, -0.05) is 117 Å². The quantitative estimate of drug-likeness (QED) is 0.113. The lowest BCUT2D eigenvalue weighted by Crippen LogP contribution is -2.60. The topological polar surface area (TPSA) is 109 Å². The van der Waals surface area contributed by atoms with E-state index in [-0.39, 0.29) is 6.61 Å². The van der Waals surface area contributed by atoms with E-state index >= 15 is 0 Å². The molecule has 0 bridgehead atoms. The molecular formula is C30H60O7. The lowest BCUT2D eigenvalue weighted by atomic mass is 9.98. The van der Waals surface area contributed by atoms with Crippen molar-refractivity contribution in [3.63, 3.8) is 0 Å². The largest absolute Gasteiger partial charge is 0.394 e. The maximum Gasteiger partial charge on any atom is 0.184 e. The van der Waals surface area contributed by atoms with Gasteiger partial charge in [-0.3, -0.25) is 0 Å². The summed E-state index contributed by atoms with van der Waals surface area (Å²) in [7, 11) is 0. The third kappa shape index (κ3) is 16.4. The first kappa shape index (κ1) is 34.7. The average molecular weight is 533 g/mol. The zero-order valence-corrected chi connectivity index (χ0v) is 24.0. The highest BCUT2D eigenvalue weighted by Crippen LogP contribution is 2.26. The van der Waals surface area contributed by atoms with Gasteiger partial charge in [0, 0.05) is 13.2 Å². The summed E-state index contributed by atoms with van der Waals surface area (Å²) in [6, 6.07) is 0. The number of aliphatic hydroxyl groups excluding tert-OH is 4. The number of rotatable bonds is 25. The van der Waals surface area contributed by atoms with Gasteiger partial charge >= 0.3 is 0 Å². The zero-order chi connectivity index (χ0) is 27.1. The maximum absolute atomic E-state index is 10.6. The van der Waals surface area contributed by atoms with Crippen LogP contribution >= 0.6 is 0 Å². The van der Waals surface area contributed by atoms with Crippen LogP contribution in [-0.4, -0.2) is 77.1 Å². The molecule has 7 nitrogen and oxygen atoms in total. The van der Waals surface area contributed by atoms with Crippen LogP contribution in [0, 0.1) is 0 Å². The van der Waals surface area contributed by atoms with Gasteiger partial charge in [-0.25, -0.2) is 0 Å². The fourth-order valence-corrected chi connectivity index (χ4v) is 5.06. The van der Waals surface area contributed by atoms with E-state index in [1.54, 1.807) is 0 Å². The second-order valence-electron chi connectivity index (χ2n) is 10.9. The summed E-state index contributed by atoms with van der Waals surface area (Å²) in [6.07, 6.45) is 16.6. The van der Waals surface area contributed by atoms with Crippen molar-refractivity contribution in [2.45, 2.75) is 173 Å². The van der Waals surface area contributed by atoms with Crippen LogP contribution in [0.3, 0.4) is 0 Å². The molecule has 37 heavy (non-hydrogen) atoms. The van der Waals surface area contributed by atoms with E-state index in [1.165, 1.54) is 83.5 Å². The van der Waals surface area contributed by atoms with Crippen molar-refractivity contribution in [3.8, 4) is 0 Å². The lowest BCUT2D eigenvalue weighted by molar-refractivity contribution is -0.304. The van der Waals surface area contributed by atoms with Crippen LogP contribution in [0.1, 0.15) is 136 Å². The minimum absolute atomic E-state index is 0.248. The predicted octanol–water partition coefficient (Wildman–Crippen LogP) is 5.64. The van der Waals surface area contributed by atoms with Gasteiger partial charge in [0.25, 0.3) is 0 Å². The van der Waals surface area contributed by atoms with Gasteiger partial charge in [-0.15, -0.1) is 0 Å². The van der Waals surface area contributed by atoms with Crippen LogP contribution in [0.4, 0.5) is 0 Å². The van der Waals surface area contributed by atoms with Crippen molar-refractivity contribution < 1.29 is 34.6 Å². The van der Waals surface area contributed by atoms with Crippen LogP contribution < -0.4 is 0 Å². The number of ether oxygens (including phenoxy) is 3. The Morgan fingerprint density at radius 2 is 1.11 bits per heavy atom. The van der Waals surface area contributed by atoms with E-state index < -0.39 is 43.4 Å². The van der Waals surface area contributed by atoms with Crippen molar-refractivity contribution in [1.29, 1.82) is 0 Å². The molecule has 0 aromatic heterocycles. The first-order valence-corrected chi connectivity index (χ1v) is 15.6. The Morgan fingerprint density at radius 3 is 1.65 bits per heavy atom. The molecule has 1 heterocycles. The summed E-state index contributed by atoms with van der Waals surface area (Å²) in [5.74, 6) is 0. The minimum atomic E-state index is -1.29. The molecule has 1 aliphatic heterocycles. The van der Waals surface area contributed by atoms with E-state index in [0.29, 0.717) is 13.0 Å². The lowest BCUT2D eigenvalue weighted by Gasteiger charge is -2.42. The summed E-state index contributed by atoms with van der Waals surface area (Å²) in [4.78, 5) is 0. The molecule has 7 heteroatoms. The molecule has 4 N–H and O–H groups in total. The second-order valence-corrected chi connectivity index (χ2v) is 10.9. The van der Waals surface area contributed by atoms with Crippen molar-refractivity contribution >= 4 is 0 Å². The minimum Gasteiger partial charge on any atom is -0.394 e. The molecule has 0 unspecified atom stereocenters. The maximum atomic E-state index is 10.6. The van der Waals surface area contributed by atoms with E-state index in [2.05, 4.69) is 13.8 Å². The van der Waals surface area contributed by atoms with Gasteiger partial charge in [0.2, 0.25) is 0 Å². The van der Waals surface area contributed by atoms with Gasteiger partial charge in [-0.05, 0) is 19.3 Å². The first-order chi connectivity index (χ1) is 18.0. The molecule has 0 aromatic rings. The van der Waals surface area contributed by atoms with Crippen molar-refractivity contribution in [3.05, 3.63) is 0 Å². The molecular weight excluding hydrogens is 472 g/mol. The summed E-state index contributed by atoms with van der Waals surface area (Å²) < 4.78 is 17.2. The third-order valence-corrected chi connectivity index (χ3v) is 7.53. The van der Waals surface area contributed by atoms with Crippen molar-refractivity contribution in [1.82, 2.24) is 0 Å². The monoisotopic (exact) mass is 532 g/mol. The molecule has 1 fully saturated rings. The fourth-order valence-electron chi connectivity index (χ4n) is 5.06. The number of hydrogen-bond acceptors (Lipinski definition) is 7. The van der Waals surface area contributed by atoms with E-state index in [1.807, 2.05) is 0 Å². The van der Waals surface area contributed by atoms with E-state index in [9.17, 15) is 20.4 Å². The van der Waals surface area contributed by atoms with Crippen molar-refractivity contribution in [2.75, 3.05) is 19.8 Å². The number of aliphatic hydroxyl groups is 4. The van der Waals surface area contributed by atoms with Crippen LogP contribution in [0.2, 0.25) is 0 Å². The normalized spacial score (nSPS) is 25.0. The Morgan fingerprint density at radius 1 is 0.622 bits per heavy atom. The Balaban J connectivity index is 2.27. The predicted molar refractivity (Wildman–Crippen MR) is 149 cm³/mol. The average Bonchev–Trinajstić information content (AvgIpc) is 2.89. The van der Waals surface area contributed by atoms with E-state index in [4.69, 9.17) is 14.2 Å². The molecule has 0 aromatic carbocycles. The highest BCUT2D eigenvalue weighted by Gasteiger charge is 2.46. The highest BCUT2D eigenvalue weighted by molar-refractivity contribution is 4.91. The molecule has 1 aliphatic rings. The van der Waals surface area contributed by atoms with Crippen LogP contribution in [-0.2, 0) is 14.2 Å². The SMILES string of the molecule is CCCCCCCCCCC[C@H](O)CCO[C@@H]1[C@@H](OCCCCCCCCCC)[C@H](O)[C@@H](CO)O[C@@H]1O. The molecule has 6 atom stereocenters. The van der Waals surface area contributed by atoms with Crippen LogP contribution in [0.25, 0.3) is 0 Å². The summed E-state index contributed by atoms with van der Waals surface area (Å²) >= 11 is 0. The van der Waals surface area contributed by atoms with Gasteiger partial charge in [0.1, 0.15) is 24.4 Å². The molecule has 0 aliphatic carbocycles. The number of unbranched alkanes of at least 4 members (excludes halogenated alkanes) is 15. The number of hydrogen-bond donors (Lipinski definition) is 4. The molecule has 0 saturated carbocycles. The first-order valence-electron chi connectivity index (χ1n) is 15.6. The van der Waals surface area contributed by atoms with Gasteiger partial charge < -0.3 is 34.6 Å². The smallest absolute Gasteiger partial charge is 0.184 e. The van der Waals surface area contributed by atoms with Crippen LogP contribution in [0.5, 0.6) is 0 Å². The third-order valence-electron chi connectivity index (χ3n) is 7.53. The Hall–Kier alpha value is -0.280. The summed E-state index contributed by atoms with van der Waals surface area (Å²) in [6.45, 7) is 4.76. The second kappa shape index (κ2) is 23.6. The van der Waals surface area contributed by atoms with Gasteiger partial charge in [0.05, 0.1) is 12.7 Å². The van der Waals surface area contributed by atoms with Gasteiger partial charge in [-0.2, -0.15) is 0 Å². The van der Waals surface area contributed by atoms with Crippen molar-refractivity contribution in [2.24, 2.45) is 0 Å². The molecule has 0 amide bonds. The summed E-state index contributed by atoms with van der Waals surface area (Å²) in [5.41, 5.74) is 0. The standard InChI is InChI=1S/C30H60O7/c1-3-5-7-9-11-13-14-16-18-20-25(32)21-23-36-29-28(27(33)26(24-31)37-30(29)34)35-22-19-17-15-12-10-8-6-4-2/h25-34H,3-24H2,1-2H3/t25-,26+,27+,28-,29+,30-/m0/s1. The molecule has 0 spiro atoms. The zero-order valence-electron chi connectivity index (χ0n) is 24.0. The van der Waals surface area contributed by atoms with Crippen LogP contribution in [0.15, 0.2) is 0 Å². The molecule has 0 radical (unpaired) electrons. The Labute approximate surface area is 227 Å². The Kier molecular flexibility index (Phi) is 22.2.